The van der Waals surface area contributed by atoms with Gasteiger partial charge in [0, 0.05) is 19.0 Å². The molecule has 2 rings (SSSR count). The highest BCUT2D eigenvalue weighted by Crippen LogP contribution is 2.64. The molecule has 4 atom stereocenters. The predicted molar refractivity (Wildman–Crippen MR) is 100 cm³/mol. The molecule has 27 heavy (non-hydrogen) atoms. The lowest BCUT2D eigenvalue weighted by molar-refractivity contribution is -0.151. The van der Waals surface area contributed by atoms with Gasteiger partial charge >= 0.3 is 12.1 Å². The first kappa shape index (κ1) is 21.5. The van der Waals surface area contributed by atoms with E-state index in [0.29, 0.717) is 13.1 Å². The molecule has 8 nitrogen and oxygen atoms in total. The molecular formula is C19H33N3O5. The Hall–Kier alpha value is -1.83. The van der Waals surface area contributed by atoms with Crippen LogP contribution in [-0.4, -0.2) is 77.2 Å². The third-order valence-corrected chi connectivity index (χ3v) is 5.77. The standard InChI is InChI=1S/C19H33N3O5/c1-8-21(7)10-12(20-17(26)27-18(2,3)4)15(23)22-9-11-13(19(11,5)6)14(22)16(24)25/h11-14H,8-10H2,1-7H3,(H,20,26)(H,24,25)/t11-,12?,13-,14-/m0/s1. The van der Waals surface area contributed by atoms with Crippen LogP contribution in [0.2, 0.25) is 0 Å². The maximum atomic E-state index is 13.2. The van der Waals surface area contributed by atoms with Crippen LogP contribution in [0.3, 0.4) is 0 Å². The lowest BCUT2D eigenvalue weighted by Crippen LogP contribution is -2.57. The van der Waals surface area contributed by atoms with Crippen LogP contribution in [-0.2, 0) is 14.3 Å². The summed E-state index contributed by atoms with van der Waals surface area (Å²) in [6, 6.07) is -1.69. The Balaban J connectivity index is 2.16. The van der Waals surface area contributed by atoms with Gasteiger partial charge in [0.25, 0.3) is 0 Å². The number of piperidine rings is 1. The number of amides is 2. The molecule has 2 amide bonds. The van der Waals surface area contributed by atoms with Crippen LogP contribution in [0.25, 0.3) is 0 Å². The van der Waals surface area contributed by atoms with Gasteiger partial charge in [-0.1, -0.05) is 20.8 Å². The molecule has 2 N–H and O–H groups in total. The summed E-state index contributed by atoms with van der Waals surface area (Å²) in [5.41, 5.74) is -0.745. The van der Waals surface area contributed by atoms with Gasteiger partial charge in [-0.2, -0.15) is 0 Å². The maximum absolute atomic E-state index is 13.2. The van der Waals surface area contributed by atoms with Gasteiger partial charge in [-0.05, 0) is 45.7 Å². The third-order valence-electron chi connectivity index (χ3n) is 5.77. The van der Waals surface area contributed by atoms with E-state index in [1.807, 2.05) is 32.7 Å². The molecule has 2 fully saturated rings. The average molecular weight is 383 g/mol. The van der Waals surface area contributed by atoms with E-state index in [2.05, 4.69) is 5.32 Å². The number of carboxylic acids is 1. The summed E-state index contributed by atoms with van der Waals surface area (Å²) in [6.07, 6.45) is -0.679. The number of alkyl carbamates (subject to hydrolysis) is 1. The first-order chi connectivity index (χ1) is 12.3. The van der Waals surface area contributed by atoms with Crippen molar-refractivity contribution in [2.75, 3.05) is 26.7 Å². The number of carbonyl (C=O) groups is 3. The molecule has 1 aliphatic carbocycles. The lowest BCUT2D eigenvalue weighted by atomic mass is 10.0. The zero-order chi connectivity index (χ0) is 20.7. The van der Waals surface area contributed by atoms with Crippen molar-refractivity contribution in [1.29, 1.82) is 0 Å². The number of aliphatic carboxylic acids is 1. The first-order valence-electron chi connectivity index (χ1n) is 9.51. The average Bonchev–Trinajstić information content (AvgIpc) is 2.89. The van der Waals surface area contributed by atoms with Gasteiger partial charge in [-0.3, -0.25) is 4.79 Å². The second kappa shape index (κ2) is 7.30. The number of carbonyl (C=O) groups excluding carboxylic acids is 2. The summed E-state index contributed by atoms with van der Waals surface area (Å²) in [5.74, 6) is -1.20. The number of rotatable bonds is 6. The van der Waals surface area contributed by atoms with Crippen LogP contribution in [0.5, 0.6) is 0 Å². The Bertz CT molecular complexity index is 613. The summed E-state index contributed by atoms with van der Waals surface area (Å²) in [5, 5.41) is 12.3. The van der Waals surface area contributed by atoms with Gasteiger partial charge in [0.1, 0.15) is 17.7 Å². The fourth-order valence-corrected chi connectivity index (χ4v) is 4.07. The number of fused-ring (bicyclic) bond motifs is 1. The number of ether oxygens (including phenoxy) is 1. The van der Waals surface area contributed by atoms with E-state index in [1.165, 1.54) is 4.90 Å². The van der Waals surface area contributed by atoms with Crippen LogP contribution >= 0.6 is 0 Å². The second-order valence-corrected chi connectivity index (χ2v) is 9.28. The smallest absolute Gasteiger partial charge is 0.408 e. The Morgan fingerprint density at radius 2 is 1.93 bits per heavy atom. The van der Waals surface area contributed by atoms with E-state index in [1.54, 1.807) is 20.8 Å². The fraction of sp³-hybridized carbons (Fsp3) is 0.842. The van der Waals surface area contributed by atoms with E-state index in [9.17, 15) is 19.5 Å². The van der Waals surface area contributed by atoms with E-state index < -0.39 is 29.7 Å². The van der Waals surface area contributed by atoms with Crippen LogP contribution in [0, 0.1) is 17.3 Å². The van der Waals surface area contributed by atoms with Crippen molar-refractivity contribution in [1.82, 2.24) is 15.1 Å². The molecule has 1 aliphatic heterocycles. The van der Waals surface area contributed by atoms with Crippen molar-refractivity contribution in [3.8, 4) is 0 Å². The Labute approximate surface area is 161 Å². The molecule has 1 saturated carbocycles. The zero-order valence-corrected chi connectivity index (χ0v) is 17.4. The maximum Gasteiger partial charge on any atom is 0.408 e. The normalized spacial score (nSPS) is 27.1. The molecule has 0 bridgehead atoms. The van der Waals surface area contributed by atoms with E-state index >= 15 is 0 Å². The number of hydrogen-bond donors (Lipinski definition) is 2. The van der Waals surface area contributed by atoms with Crippen LogP contribution in [0.1, 0.15) is 41.5 Å². The van der Waals surface area contributed by atoms with Gasteiger partial charge in [-0.25, -0.2) is 9.59 Å². The molecule has 2 aliphatic rings. The quantitative estimate of drug-likeness (QED) is 0.719. The fourth-order valence-electron chi connectivity index (χ4n) is 4.07. The minimum absolute atomic E-state index is 0.0370. The summed E-state index contributed by atoms with van der Waals surface area (Å²) in [6.45, 7) is 12.7. The van der Waals surface area contributed by atoms with Gasteiger partial charge in [0.2, 0.25) is 5.91 Å². The van der Waals surface area contributed by atoms with Crippen LogP contribution < -0.4 is 5.32 Å². The second-order valence-electron chi connectivity index (χ2n) is 9.28. The number of likely N-dealkylation sites (tertiary alicyclic amines) is 1. The van der Waals surface area contributed by atoms with Gasteiger partial charge in [0.15, 0.2) is 0 Å². The summed E-state index contributed by atoms with van der Waals surface area (Å²) in [7, 11) is 1.84. The molecule has 1 unspecified atom stereocenters. The molecule has 154 valence electrons. The number of likely N-dealkylation sites (N-methyl/N-ethyl adjacent to an activating group) is 1. The minimum atomic E-state index is -0.985. The molecule has 1 heterocycles. The number of hydrogen-bond acceptors (Lipinski definition) is 5. The minimum Gasteiger partial charge on any atom is -0.480 e. The zero-order valence-electron chi connectivity index (χ0n) is 17.4. The molecule has 0 spiro atoms. The van der Waals surface area contributed by atoms with Crippen molar-refractivity contribution in [2.24, 2.45) is 17.3 Å². The van der Waals surface area contributed by atoms with Crippen molar-refractivity contribution in [3.05, 3.63) is 0 Å². The van der Waals surface area contributed by atoms with Crippen molar-refractivity contribution < 1.29 is 24.2 Å². The van der Waals surface area contributed by atoms with E-state index in [4.69, 9.17) is 4.74 Å². The number of nitrogens with zero attached hydrogens (tertiary/aromatic N) is 2. The molecule has 0 aromatic carbocycles. The topological polar surface area (TPSA) is 99.2 Å². The molecule has 1 saturated heterocycles. The SMILES string of the molecule is CCN(C)CC(NC(=O)OC(C)(C)C)C(=O)N1C[C@H]2[C@@H]([C@H]1C(=O)O)C2(C)C. The van der Waals surface area contributed by atoms with Gasteiger partial charge in [0.05, 0.1) is 0 Å². The predicted octanol–water partition coefficient (Wildman–Crippen LogP) is 1.40. The molecule has 0 aromatic rings. The highest BCUT2D eigenvalue weighted by Gasteiger charge is 2.69. The van der Waals surface area contributed by atoms with Crippen LogP contribution in [0.15, 0.2) is 0 Å². The largest absolute Gasteiger partial charge is 0.480 e. The number of carboxylic acid groups (broad SMARTS) is 1. The Morgan fingerprint density at radius 3 is 2.41 bits per heavy atom. The highest BCUT2D eigenvalue weighted by atomic mass is 16.6. The van der Waals surface area contributed by atoms with Crippen molar-refractivity contribution >= 4 is 18.0 Å². The first-order valence-corrected chi connectivity index (χ1v) is 9.51. The van der Waals surface area contributed by atoms with E-state index in [0.717, 1.165) is 0 Å². The molecular weight excluding hydrogens is 350 g/mol. The Morgan fingerprint density at radius 1 is 1.33 bits per heavy atom. The monoisotopic (exact) mass is 383 g/mol. The van der Waals surface area contributed by atoms with Gasteiger partial charge < -0.3 is 25.0 Å². The molecule has 0 aromatic heterocycles. The lowest BCUT2D eigenvalue weighted by Gasteiger charge is -2.33. The van der Waals surface area contributed by atoms with Crippen molar-refractivity contribution in [3.63, 3.8) is 0 Å². The summed E-state index contributed by atoms with van der Waals surface area (Å²) in [4.78, 5) is 40.5. The Kier molecular flexibility index (Phi) is 5.80. The summed E-state index contributed by atoms with van der Waals surface area (Å²) >= 11 is 0. The molecule has 8 heteroatoms. The third kappa shape index (κ3) is 4.54. The molecule has 0 radical (unpaired) electrons. The van der Waals surface area contributed by atoms with Gasteiger partial charge in [-0.15, -0.1) is 0 Å². The van der Waals surface area contributed by atoms with Crippen LogP contribution in [0.4, 0.5) is 4.79 Å². The number of nitrogens with one attached hydrogen (secondary N) is 1. The highest BCUT2D eigenvalue weighted by molar-refractivity contribution is 5.91. The summed E-state index contributed by atoms with van der Waals surface area (Å²) < 4.78 is 5.28. The van der Waals surface area contributed by atoms with E-state index in [-0.39, 0.29) is 29.7 Å². The van der Waals surface area contributed by atoms with Crippen molar-refractivity contribution in [2.45, 2.75) is 59.2 Å².